The summed E-state index contributed by atoms with van der Waals surface area (Å²) in [6.45, 7) is 0.199. The van der Waals surface area contributed by atoms with Gasteiger partial charge in [0, 0.05) is 13.1 Å². The van der Waals surface area contributed by atoms with Crippen LogP contribution in [-0.4, -0.2) is 59.6 Å². The molecule has 1 aliphatic heterocycles. The highest BCUT2D eigenvalue weighted by molar-refractivity contribution is 5.77. The van der Waals surface area contributed by atoms with Gasteiger partial charge in [-0.3, -0.25) is 4.79 Å². The molecule has 2 rings (SSSR count). The van der Waals surface area contributed by atoms with Crippen molar-refractivity contribution in [1.29, 1.82) is 0 Å². The Morgan fingerprint density at radius 1 is 1.55 bits per heavy atom. The molecule has 1 aromatic heterocycles. The minimum absolute atomic E-state index is 0.118. The van der Waals surface area contributed by atoms with Crippen LogP contribution in [0.5, 0.6) is 0 Å². The summed E-state index contributed by atoms with van der Waals surface area (Å²) in [5, 5.41) is 3.66. The zero-order valence-corrected chi connectivity index (χ0v) is 11.8. The molecule has 0 aliphatic carbocycles. The van der Waals surface area contributed by atoms with E-state index in [2.05, 4.69) is 14.9 Å². The average molecular weight is 325 g/mol. The van der Waals surface area contributed by atoms with Gasteiger partial charge < -0.3 is 14.2 Å². The average Bonchev–Trinajstić information content (AvgIpc) is 3.06. The molecule has 0 spiro atoms. The number of hydrogen-bond acceptors (Lipinski definition) is 5. The SMILES string of the molecule is Cc1noc([C@@H]2CCN(C(=O)COCC(F)(F)C(F)F)C2)n1. The fourth-order valence-electron chi connectivity index (χ4n) is 2.10. The Kier molecular flexibility index (Phi) is 4.99. The molecule has 0 radical (unpaired) electrons. The minimum Gasteiger partial charge on any atom is -0.365 e. The van der Waals surface area contributed by atoms with Gasteiger partial charge in [-0.15, -0.1) is 0 Å². The molecule has 0 N–H and O–H groups in total. The van der Waals surface area contributed by atoms with Gasteiger partial charge in [0.15, 0.2) is 5.82 Å². The molecule has 1 fully saturated rings. The predicted octanol–water partition coefficient (Wildman–Crippen LogP) is 1.61. The van der Waals surface area contributed by atoms with Crippen molar-refractivity contribution in [3.63, 3.8) is 0 Å². The quantitative estimate of drug-likeness (QED) is 0.743. The highest BCUT2D eigenvalue weighted by Crippen LogP contribution is 2.26. The maximum atomic E-state index is 12.6. The summed E-state index contributed by atoms with van der Waals surface area (Å²) in [6.07, 6.45) is -3.22. The highest BCUT2D eigenvalue weighted by atomic mass is 19.3. The maximum absolute atomic E-state index is 12.6. The number of hydrogen-bond donors (Lipinski definition) is 0. The Hall–Kier alpha value is -1.71. The van der Waals surface area contributed by atoms with Crippen LogP contribution in [0.3, 0.4) is 0 Å². The lowest BCUT2D eigenvalue weighted by molar-refractivity contribution is -0.170. The molecule has 1 amide bonds. The lowest BCUT2D eigenvalue weighted by Gasteiger charge is -2.18. The van der Waals surface area contributed by atoms with Crippen molar-refractivity contribution in [1.82, 2.24) is 15.0 Å². The molecule has 22 heavy (non-hydrogen) atoms. The van der Waals surface area contributed by atoms with Gasteiger partial charge in [-0.05, 0) is 13.3 Å². The lowest BCUT2D eigenvalue weighted by atomic mass is 10.1. The van der Waals surface area contributed by atoms with Crippen LogP contribution < -0.4 is 0 Å². The number of amides is 1. The number of carbonyl (C=O) groups is 1. The van der Waals surface area contributed by atoms with E-state index < -0.39 is 31.5 Å². The second-order valence-electron chi connectivity index (χ2n) is 5.06. The van der Waals surface area contributed by atoms with Crippen LogP contribution in [0.1, 0.15) is 24.1 Å². The molecule has 2 heterocycles. The van der Waals surface area contributed by atoms with E-state index in [0.29, 0.717) is 31.2 Å². The van der Waals surface area contributed by atoms with E-state index in [-0.39, 0.29) is 5.92 Å². The van der Waals surface area contributed by atoms with E-state index >= 15 is 0 Å². The summed E-state index contributed by atoms with van der Waals surface area (Å²) in [6, 6.07) is 0. The Bertz CT molecular complexity index is 523. The van der Waals surface area contributed by atoms with E-state index in [1.165, 1.54) is 4.90 Å². The van der Waals surface area contributed by atoms with Gasteiger partial charge in [0.25, 0.3) is 0 Å². The second-order valence-corrected chi connectivity index (χ2v) is 5.06. The largest absolute Gasteiger partial charge is 0.365 e. The molecule has 0 bridgehead atoms. The van der Waals surface area contributed by atoms with Crippen LogP contribution in [0.2, 0.25) is 0 Å². The number of halogens is 4. The first-order valence-corrected chi connectivity index (χ1v) is 6.61. The zero-order chi connectivity index (χ0) is 16.3. The number of nitrogens with zero attached hydrogens (tertiary/aromatic N) is 3. The summed E-state index contributed by atoms with van der Waals surface area (Å²) in [7, 11) is 0. The van der Waals surface area contributed by atoms with Crippen molar-refractivity contribution in [2.75, 3.05) is 26.3 Å². The van der Waals surface area contributed by atoms with E-state index in [4.69, 9.17) is 4.52 Å². The molecule has 1 saturated heterocycles. The summed E-state index contributed by atoms with van der Waals surface area (Å²) < 4.78 is 58.5. The number of likely N-dealkylation sites (tertiary alicyclic amines) is 1. The lowest BCUT2D eigenvalue weighted by Crippen LogP contribution is -2.36. The normalized spacial score (nSPS) is 19.2. The molecule has 1 aliphatic rings. The molecular weight excluding hydrogens is 310 g/mol. The second kappa shape index (κ2) is 6.59. The number of alkyl halides is 4. The molecule has 124 valence electrons. The molecule has 10 heteroatoms. The topological polar surface area (TPSA) is 68.5 Å². The summed E-state index contributed by atoms with van der Waals surface area (Å²) in [5.74, 6) is -4.01. The van der Waals surface area contributed by atoms with Gasteiger partial charge in [0.05, 0.1) is 5.92 Å². The van der Waals surface area contributed by atoms with Crippen molar-refractivity contribution < 1.29 is 31.6 Å². The van der Waals surface area contributed by atoms with Gasteiger partial charge in [-0.2, -0.15) is 13.8 Å². The fraction of sp³-hybridized carbons (Fsp3) is 0.750. The van der Waals surface area contributed by atoms with Crippen molar-refractivity contribution in [3.05, 3.63) is 11.7 Å². The molecule has 0 aromatic carbocycles. The first kappa shape index (κ1) is 16.7. The van der Waals surface area contributed by atoms with Gasteiger partial charge >= 0.3 is 12.3 Å². The predicted molar refractivity (Wildman–Crippen MR) is 64.7 cm³/mol. The van der Waals surface area contributed by atoms with Crippen molar-refractivity contribution in [2.45, 2.75) is 31.6 Å². The maximum Gasteiger partial charge on any atom is 0.330 e. The minimum atomic E-state index is -4.25. The van der Waals surface area contributed by atoms with Crippen LogP contribution >= 0.6 is 0 Å². The fourth-order valence-corrected chi connectivity index (χ4v) is 2.10. The molecule has 6 nitrogen and oxygen atoms in total. The highest BCUT2D eigenvalue weighted by Gasteiger charge is 2.41. The van der Waals surface area contributed by atoms with Gasteiger partial charge in [0.1, 0.15) is 13.2 Å². The zero-order valence-electron chi connectivity index (χ0n) is 11.8. The van der Waals surface area contributed by atoms with E-state index in [0.717, 1.165) is 0 Å². The van der Waals surface area contributed by atoms with Crippen molar-refractivity contribution in [3.8, 4) is 0 Å². The number of carbonyl (C=O) groups excluding carboxylic acids is 1. The smallest absolute Gasteiger partial charge is 0.330 e. The van der Waals surface area contributed by atoms with E-state index in [9.17, 15) is 22.4 Å². The number of rotatable bonds is 6. The van der Waals surface area contributed by atoms with E-state index in [1.807, 2.05) is 0 Å². The van der Waals surface area contributed by atoms with Crippen LogP contribution in [0.4, 0.5) is 17.6 Å². The molecule has 0 saturated carbocycles. The molecule has 1 aromatic rings. The standard InChI is InChI=1S/C12H15F4N3O3/c1-7-17-10(22-18-7)8-2-3-19(4-8)9(20)5-21-6-12(15,16)11(13)14/h8,11H,2-6H2,1H3/t8-/m1/s1. The first-order valence-electron chi connectivity index (χ1n) is 6.61. The third-order valence-corrected chi connectivity index (χ3v) is 3.27. The van der Waals surface area contributed by atoms with Crippen LogP contribution in [-0.2, 0) is 9.53 Å². The third-order valence-electron chi connectivity index (χ3n) is 3.27. The number of ether oxygens (including phenoxy) is 1. The van der Waals surface area contributed by atoms with Crippen molar-refractivity contribution >= 4 is 5.91 Å². The van der Waals surface area contributed by atoms with Gasteiger partial charge in [-0.1, -0.05) is 5.16 Å². The van der Waals surface area contributed by atoms with Crippen LogP contribution in [0.15, 0.2) is 4.52 Å². The van der Waals surface area contributed by atoms with E-state index in [1.54, 1.807) is 6.92 Å². The Morgan fingerprint density at radius 2 is 2.27 bits per heavy atom. The third kappa shape index (κ3) is 3.93. The van der Waals surface area contributed by atoms with Gasteiger partial charge in [0.2, 0.25) is 11.8 Å². The Labute approximate surface area is 123 Å². The first-order chi connectivity index (χ1) is 10.3. The molecule has 0 unspecified atom stereocenters. The summed E-state index contributed by atoms with van der Waals surface area (Å²) in [4.78, 5) is 17.2. The van der Waals surface area contributed by atoms with Crippen LogP contribution in [0.25, 0.3) is 0 Å². The Balaban J connectivity index is 1.77. The summed E-state index contributed by atoms with van der Waals surface area (Å²) in [5.41, 5.74) is 0. The summed E-state index contributed by atoms with van der Waals surface area (Å²) >= 11 is 0. The van der Waals surface area contributed by atoms with Crippen molar-refractivity contribution in [2.24, 2.45) is 0 Å². The number of aryl methyl sites for hydroxylation is 1. The Morgan fingerprint density at radius 3 is 2.86 bits per heavy atom. The monoisotopic (exact) mass is 325 g/mol. The van der Waals surface area contributed by atoms with Gasteiger partial charge in [-0.25, -0.2) is 8.78 Å². The van der Waals surface area contributed by atoms with Crippen LogP contribution in [0, 0.1) is 6.92 Å². The molecular formula is C12H15F4N3O3. The molecule has 1 atom stereocenters. The number of aromatic nitrogens is 2.